The van der Waals surface area contributed by atoms with E-state index in [0.717, 1.165) is 45.1 Å². The van der Waals surface area contributed by atoms with Crippen LogP contribution in [0.2, 0.25) is 0 Å². The summed E-state index contributed by atoms with van der Waals surface area (Å²) in [6, 6.07) is 4.29. The van der Waals surface area contributed by atoms with Gasteiger partial charge in [-0.05, 0) is 45.2 Å². The molecule has 3 fully saturated rings. The molecule has 7 heteroatoms. The van der Waals surface area contributed by atoms with Gasteiger partial charge >= 0.3 is 6.09 Å². The number of likely N-dealkylation sites (tertiary alicyclic amines) is 1. The Morgan fingerprint density at radius 1 is 1.25 bits per heavy atom. The maximum Gasteiger partial charge on any atom is 0.409 e. The zero-order valence-electron chi connectivity index (χ0n) is 16.9. The monoisotopic (exact) mass is 386 g/mol. The number of aromatic nitrogens is 1. The molecule has 0 N–H and O–H groups in total. The van der Waals surface area contributed by atoms with Crippen molar-refractivity contribution >= 4 is 17.7 Å². The maximum absolute atomic E-state index is 11.9. The second-order valence-corrected chi connectivity index (χ2v) is 8.41. The van der Waals surface area contributed by atoms with Crippen molar-refractivity contribution in [2.45, 2.75) is 39.2 Å². The Morgan fingerprint density at radius 2 is 2.00 bits per heavy atom. The van der Waals surface area contributed by atoms with Crippen molar-refractivity contribution in [2.75, 3.05) is 50.8 Å². The fraction of sp³-hybridized carbons (Fsp3) is 0.667. The molecule has 0 unspecified atom stereocenters. The Kier molecular flexibility index (Phi) is 5.27. The average molecular weight is 386 g/mol. The highest BCUT2D eigenvalue weighted by atomic mass is 16.6. The van der Waals surface area contributed by atoms with E-state index in [1.807, 2.05) is 24.0 Å². The summed E-state index contributed by atoms with van der Waals surface area (Å²) < 4.78 is 5.11. The molecule has 1 amide bonds. The zero-order chi connectivity index (χ0) is 19.7. The molecule has 7 nitrogen and oxygen atoms in total. The summed E-state index contributed by atoms with van der Waals surface area (Å²) in [4.78, 5) is 34.9. The van der Waals surface area contributed by atoms with E-state index in [1.165, 1.54) is 19.3 Å². The van der Waals surface area contributed by atoms with Crippen molar-refractivity contribution in [3.05, 3.63) is 23.9 Å². The van der Waals surface area contributed by atoms with Crippen LogP contribution in [0.3, 0.4) is 0 Å². The summed E-state index contributed by atoms with van der Waals surface area (Å²) in [5.41, 5.74) is 1.02. The molecule has 0 bridgehead atoms. The third-order valence-electron chi connectivity index (χ3n) is 6.55. The molecule has 28 heavy (non-hydrogen) atoms. The van der Waals surface area contributed by atoms with Crippen LogP contribution in [-0.4, -0.2) is 78.6 Å². The first-order chi connectivity index (χ1) is 13.5. The number of anilines is 1. The number of carbonyl (C=O) groups excluding carboxylic acids is 2. The number of hydrogen-bond donors (Lipinski definition) is 0. The molecule has 4 rings (SSSR count). The van der Waals surface area contributed by atoms with Crippen molar-refractivity contribution in [1.82, 2.24) is 14.8 Å². The first-order valence-corrected chi connectivity index (χ1v) is 10.4. The normalized spacial score (nSPS) is 24.3. The third kappa shape index (κ3) is 3.60. The molecular formula is C21H30N4O3. The second kappa shape index (κ2) is 7.70. The van der Waals surface area contributed by atoms with Crippen LogP contribution >= 0.6 is 0 Å². The minimum Gasteiger partial charge on any atom is -0.450 e. The Labute approximate surface area is 166 Å². The fourth-order valence-electron chi connectivity index (χ4n) is 5.11. The maximum atomic E-state index is 11.9. The number of hydrogen-bond acceptors (Lipinski definition) is 6. The van der Waals surface area contributed by atoms with Crippen LogP contribution in [0.1, 0.15) is 43.5 Å². The largest absolute Gasteiger partial charge is 0.450 e. The van der Waals surface area contributed by atoms with Crippen molar-refractivity contribution in [2.24, 2.45) is 5.41 Å². The van der Waals surface area contributed by atoms with E-state index in [9.17, 15) is 9.59 Å². The minimum atomic E-state index is -0.165. The summed E-state index contributed by atoms with van der Waals surface area (Å²) in [5.74, 6) is 0.890. The van der Waals surface area contributed by atoms with E-state index in [2.05, 4.69) is 14.8 Å². The predicted octanol–water partition coefficient (Wildman–Crippen LogP) is 2.42. The first kappa shape index (κ1) is 19.2. The summed E-state index contributed by atoms with van der Waals surface area (Å²) in [6.07, 6.45) is 5.18. The summed E-state index contributed by atoms with van der Waals surface area (Å²) >= 11 is 0. The number of ketones is 1. The van der Waals surface area contributed by atoms with E-state index in [-0.39, 0.29) is 11.9 Å². The lowest BCUT2D eigenvalue weighted by molar-refractivity contribution is -0.00294. The lowest BCUT2D eigenvalue weighted by Crippen LogP contribution is -2.58. The van der Waals surface area contributed by atoms with Crippen LogP contribution in [0.4, 0.5) is 10.6 Å². The molecule has 1 aromatic rings. The van der Waals surface area contributed by atoms with Gasteiger partial charge in [-0.3, -0.25) is 9.69 Å². The van der Waals surface area contributed by atoms with Gasteiger partial charge < -0.3 is 14.5 Å². The lowest BCUT2D eigenvalue weighted by Gasteiger charge is -2.48. The number of carbonyl (C=O) groups is 2. The molecular weight excluding hydrogens is 356 g/mol. The highest BCUT2D eigenvalue weighted by molar-refractivity contribution is 5.98. The average Bonchev–Trinajstić information content (AvgIpc) is 3.13. The smallest absolute Gasteiger partial charge is 0.409 e. The number of pyridine rings is 1. The zero-order valence-corrected chi connectivity index (χ0v) is 16.9. The molecule has 0 aromatic carbocycles. The van der Waals surface area contributed by atoms with E-state index in [1.54, 1.807) is 13.1 Å². The third-order valence-corrected chi connectivity index (χ3v) is 6.55. The Bertz CT molecular complexity index is 739. The van der Waals surface area contributed by atoms with Crippen LogP contribution in [-0.2, 0) is 4.74 Å². The highest BCUT2D eigenvalue weighted by Crippen LogP contribution is 2.47. The summed E-state index contributed by atoms with van der Waals surface area (Å²) in [5, 5.41) is 0. The van der Waals surface area contributed by atoms with Crippen LogP contribution in [0, 0.1) is 5.41 Å². The highest BCUT2D eigenvalue weighted by Gasteiger charge is 2.51. The van der Waals surface area contributed by atoms with Gasteiger partial charge in [0.05, 0.1) is 12.2 Å². The topological polar surface area (TPSA) is 66.0 Å². The Balaban J connectivity index is 1.30. The molecule has 0 radical (unpaired) electrons. The molecule has 2 saturated heterocycles. The molecule has 1 saturated carbocycles. The van der Waals surface area contributed by atoms with Gasteiger partial charge in [0.25, 0.3) is 0 Å². The molecule has 3 aliphatic rings. The minimum absolute atomic E-state index is 0.0689. The summed E-state index contributed by atoms with van der Waals surface area (Å²) in [6.45, 7) is 9.38. The SMILES string of the molecule is CCOC(=O)N1CC2(CC[C@@H](N3CCN(c4ncccc4C(C)=O)CC3)C2)C1. The van der Waals surface area contributed by atoms with Gasteiger partial charge in [0.2, 0.25) is 0 Å². The molecule has 1 aliphatic carbocycles. The van der Waals surface area contributed by atoms with Crippen molar-refractivity contribution in [1.29, 1.82) is 0 Å². The van der Waals surface area contributed by atoms with Crippen LogP contribution < -0.4 is 4.90 Å². The van der Waals surface area contributed by atoms with Crippen molar-refractivity contribution in [3.8, 4) is 0 Å². The van der Waals surface area contributed by atoms with E-state index >= 15 is 0 Å². The number of nitrogens with zero attached hydrogens (tertiary/aromatic N) is 4. The fourth-order valence-corrected chi connectivity index (χ4v) is 5.11. The van der Waals surface area contributed by atoms with Gasteiger partial charge in [-0.1, -0.05) is 0 Å². The van der Waals surface area contributed by atoms with Crippen LogP contribution in [0.25, 0.3) is 0 Å². The number of Topliss-reactive ketones (excluding diaryl/α,β-unsaturated/α-hetero) is 1. The number of rotatable bonds is 4. The van der Waals surface area contributed by atoms with Gasteiger partial charge in [0, 0.05) is 56.9 Å². The lowest BCUT2D eigenvalue weighted by atomic mass is 9.78. The van der Waals surface area contributed by atoms with E-state index in [4.69, 9.17) is 4.74 Å². The van der Waals surface area contributed by atoms with Crippen LogP contribution in [0.15, 0.2) is 18.3 Å². The number of amides is 1. The molecule has 2 aliphatic heterocycles. The predicted molar refractivity (Wildman–Crippen MR) is 107 cm³/mol. The van der Waals surface area contributed by atoms with Crippen molar-refractivity contribution < 1.29 is 14.3 Å². The summed E-state index contributed by atoms with van der Waals surface area (Å²) in [7, 11) is 0. The molecule has 1 spiro atoms. The quantitative estimate of drug-likeness (QED) is 0.741. The van der Waals surface area contributed by atoms with Gasteiger partial charge in [-0.25, -0.2) is 9.78 Å². The number of ether oxygens (including phenoxy) is 1. The number of piperazine rings is 1. The first-order valence-electron chi connectivity index (χ1n) is 10.4. The Hall–Kier alpha value is -2.15. The molecule has 3 heterocycles. The second-order valence-electron chi connectivity index (χ2n) is 8.41. The van der Waals surface area contributed by atoms with Gasteiger partial charge in [0.1, 0.15) is 5.82 Å². The van der Waals surface area contributed by atoms with E-state index in [0.29, 0.717) is 23.6 Å². The van der Waals surface area contributed by atoms with Gasteiger partial charge in [-0.2, -0.15) is 0 Å². The molecule has 1 atom stereocenters. The van der Waals surface area contributed by atoms with Gasteiger partial charge in [0.15, 0.2) is 5.78 Å². The van der Waals surface area contributed by atoms with Crippen LogP contribution in [0.5, 0.6) is 0 Å². The molecule has 1 aromatic heterocycles. The van der Waals surface area contributed by atoms with E-state index < -0.39 is 0 Å². The van der Waals surface area contributed by atoms with Gasteiger partial charge in [-0.15, -0.1) is 0 Å². The van der Waals surface area contributed by atoms with Crippen molar-refractivity contribution in [3.63, 3.8) is 0 Å². The standard InChI is InChI=1S/C21H30N4O3/c1-3-28-20(27)25-14-21(15-25)7-6-17(13-21)23-9-11-24(12-10-23)19-18(16(2)26)5-4-8-22-19/h4-5,8,17H,3,6-7,9-15H2,1-2H3/t17-/m1/s1. The molecule has 152 valence electrons. The Morgan fingerprint density at radius 3 is 2.68 bits per heavy atom.